The summed E-state index contributed by atoms with van der Waals surface area (Å²) in [5, 5.41) is 18.4. The lowest BCUT2D eigenvalue weighted by Gasteiger charge is -2.34. The highest BCUT2D eigenvalue weighted by Crippen LogP contribution is 2.32. The van der Waals surface area contributed by atoms with Gasteiger partial charge in [0.05, 0.1) is 11.8 Å². The molecular weight excluding hydrogens is 336 g/mol. The average Bonchev–Trinajstić information content (AvgIpc) is 2.67. The zero-order chi connectivity index (χ0) is 19.1. The molecule has 1 aliphatic carbocycles. The molecule has 0 saturated heterocycles. The topological polar surface area (TPSA) is 107 Å². The molecule has 0 aliphatic heterocycles. The van der Waals surface area contributed by atoms with Crippen LogP contribution in [0.3, 0.4) is 0 Å². The van der Waals surface area contributed by atoms with Crippen molar-refractivity contribution < 1.29 is 24.7 Å². The van der Waals surface area contributed by atoms with Gasteiger partial charge >= 0.3 is 5.97 Å². The maximum absolute atomic E-state index is 12.9. The molecule has 1 fully saturated rings. The summed E-state index contributed by atoms with van der Waals surface area (Å²) in [5.41, 5.74) is 2.64. The number of hydroxylamine groups is 1. The maximum atomic E-state index is 12.9. The fourth-order valence-electron chi connectivity index (χ4n) is 3.66. The van der Waals surface area contributed by atoms with E-state index >= 15 is 0 Å². The van der Waals surface area contributed by atoms with Crippen molar-refractivity contribution in [3.63, 3.8) is 0 Å². The normalized spacial score (nSPS) is 20.8. The lowest BCUT2D eigenvalue weighted by Crippen LogP contribution is -2.51. The molecule has 7 nitrogen and oxygen atoms in total. The zero-order valence-electron chi connectivity index (χ0n) is 14.9. The SMILES string of the molecule is CN(C(=O)[C@@H]1CCCC[C@H]1C(=O)O)C(CCc1ccccc1)C(=O)NO. The van der Waals surface area contributed by atoms with Gasteiger partial charge in [-0.2, -0.15) is 0 Å². The van der Waals surface area contributed by atoms with Gasteiger partial charge in [0, 0.05) is 7.05 Å². The van der Waals surface area contributed by atoms with E-state index < -0.39 is 29.8 Å². The van der Waals surface area contributed by atoms with Crippen LogP contribution >= 0.6 is 0 Å². The number of hydrogen-bond acceptors (Lipinski definition) is 4. The number of benzene rings is 1. The molecule has 3 atom stereocenters. The Kier molecular flexibility index (Phi) is 7.15. The van der Waals surface area contributed by atoms with Gasteiger partial charge in [-0.05, 0) is 31.2 Å². The number of carbonyl (C=O) groups is 3. The first-order chi connectivity index (χ1) is 12.5. The second-order valence-corrected chi connectivity index (χ2v) is 6.80. The predicted molar refractivity (Wildman–Crippen MR) is 94.3 cm³/mol. The molecule has 26 heavy (non-hydrogen) atoms. The molecule has 2 rings (SSSR count). The third-order valence-corrected chi connectivity index (χ3v) is 5.18. The molecule has 142 valence electrons. The summed E-state index contributed by atoms with van der Waals surface area (Å²) in [6.07, 6.45) is 3.47. The van der Waals surface area contributed by atoms with Gasteiger partial charge in [0.1, 0.15) is 6.04 Å². The van der Waals surface area contributed by atoms with E-state index in [9.17, 15) is 19.5 Å². The van der Waals surface area contributed by atoms with Gasteiger partial charge in [-0.3, -0.25) is 19.6 Å². The van der Waals surface area contributed by atoms with Crippen molar-refractivity contribution in [3.8, 4) is 0 Å². The van der Waals surface area contributed by atoms with Gasteiger partial charge in [-0.15, -0.1) is 0 Å². The van der Waals surface area contributed by atoms with E-state index in [4.69, 9.17) is 5.21 Å². The Hall–Kier alpha value is -2.41. The first-order valence-electron chi connectivity index (χ1n) is 8.93. The minimum atomic E-state index is -0.969. The number of likely N-dealkylation sites (N-methyl/N-ethyl adjacent to an activating group) is 1. The molecule has 1 aliphatic rings. The first-order valence-corrected chi connectivity index (χ1v) is 8.93. The molecule has 0 bridgehead atoms. The second kappa shape index (κ2) is 9.33. The standard InChI is InChI=1S/C19H26N2O5/c1-21(18(23)14-9-5-6-10-15(14)19(24)25)16(17(22)20-26)12-11-13-7-3-2-4-8-13/h2-4,7-8,14-16,26H,5-6,9-12H2,1H3,(H,20,22)(H,24,25)/t14-,15-,16?/m1/s1. The van der Waals surface area contributed by atoms with E-state index in [1.54, 1.807) is 5.48 Å². The van der Waals surface area contributed by atoms with Crippen molar-refractivity contribution in [1.29, 1.82) is 0 Å². The summed E-state index contributed by atoms with van der Waals surface area (Å²) in [4.78, 5) is 37.8. The van der Waals surface area contributed by atoms with Crippen LogP contribution in [0.4, 0.5) is 0 Å². The summed E-state index contributed by atoms with van der Waals surface area (Å²) in [6.45, 7) is 0. The number of amides is 2. The Labute approximate surface area is 153 Å². The van der Waals surface area contributed by atoms with Gasteiger partial charge < -0.3 is 10.0 Å². The number of carboxylic acid groups (broad SMARTS) is 1. The average molecular weight is 362 g/mol. The van der Waals surface area contributed by atoms with Crippen LogP contribution in [0.25, 0.3) is 0 Å². The highest BCUT2D eigenvalue weighted by molar-refractivity contribution is 5.90. The number of carbonyl (C=O) groups excluding carboxylic acids is 2. The van der Waals surface area contributed by atoms with Crippen LogP contribution in [-0.4, -0.2) is 46.1 Å². The lowest BCUT2D eigenvalue weighted by molar-refractivity contribution is -0.154. The van der Waals surface area contributed by atoms with E-state index in [1.807, 2.05) is 30.3 Å². The molecule has 1 saturated carbocycles. The van der Waals surface area contributed by atoms with Crippen molar-refractivity contribution in [3.05, 3.63) is 35.9 Å². The van der Waals surface area contributed by atoms with Crippen LogP contribution in [-0.2, 0) is 20.8 Å². The summed E-state index contributed by atoms with van der Waals surface area (Å²) >= 11 is 0. The van der Waals surface area contributed by atoms with Crippen LogP contribution in [0.2, 0.25) is 0 Å². The molecule has 1 aromatic carbocycles. The largest absolute Gasteiger partial charge is 0.481 e. The monoisotopic (exact) mass is 362 g/mol. The molecular formula is C19H26N2O5. The number of aryl methyl sites for hydroxylation is 1. The smallest absolute Gasteiger partial charge is 0.307 e. The Morgan fingerprint density at radius 3 is 2.35 bits per heavy atom. The molecule has 0 heterocycles. The number of nitrogens with zero attached hydrogens (tertiary/aromatic N) is 1. The minimum Gasteiger partial charge on any atom is -0.481 e. The van der Waals surface area contributed by atoms with Crippen LogP contribution < -0.4 is 5.48 Å². The van der Waals surface area contributed by atoms with E-state index in [1.165, 1.54) is 11.9 Å². The second-order valence-electron chi connectivity index (χ2n) is 6.80. The van der Waals surface area contributed by atoms with Crippen molar-refractivity contribution >= 4 is 17.8 Å². The van der Waals surface area contributed by atoms with Crippen molar-refractivity contribution in [2.45, 2.75) is 44.6 Å². The molecule has 7 heteroatoms. The van der Waals surface area contributed by atoms with Crippen molar-refractivity contribution in [2.24, 2.45) is 11.8 Å². The molecule has 0 spiro atoms. The van der Waals surface area contributed by atoms with Crippen LogP contribution in [0.5, 0.6) is 0 Å². The highest BCUT2D eigenvalue weighted by atomic mass is 16.5. The van der Waals surface area contributed by atoms with E-state index in [0.29, 0.717) is 25.7 Å². The summed E-state index contributed by atoms with van der Waals surface area (Å²) in [6, 6.07) is 8.68. The third kappa shape index (κ3) is 4.82. The Bertz CT molecular complexity index is 634. The highest BCUT2D eigenvalue weighted by Gasteiger charge is 2.39. The van der Waals surface area contributed by atoms with Crippen LogP contribution in [0, 0.1) is 11.8 Å². The van der Waals surface area contributed by atoms with E-state index in [0.717, 1.165) is 18.4 Å². The van der Waals surface area contributed by atoms with Crippen LogP contribution in [0.1, 0.15) is 37.7 Å². The summed E-state index contributed by atoms with van der Waals surface area (Å²) in [7, 11) is 1.50. The van der Waals surface area contributed by atoms with E-state index in [2.05, 4.69) is 0 Å². The maximum Gasteiger partial charge on any atom is 0.307 e. The van der Waals surface area contributed by atoms with Gasteiger partial charge in [0.25, 0.3) is 5.91 Å². The lowest BCUT2D eigenvalue weighted by atomic mass is 9.78. The molecule has 0 aromatic heterocycles. The predicted octanol–water partition coefficient (Wildman–Crippen LogP) is 1.84. The fourth-order valence-corrected chi connectivity index (χ4v) is 3.66. The minimum absolute atomic E-state index is 0.336. The summed E-state index contributed by atoms with van der Waals surface area (Å²) < 4.78 is 0. The number of aliphatic carboxylic acids is 1. The molecule has 1 unspecified atom stereocenters. The third-order valence-electron chi connectivity index (χ3n) is 5.18. The Morgan fingerprint density at radius 1 is 1.15 bits per heavy atom. The molecule has 0 radical (unpaired) electrons. The molecule has 2 amide bonds. The Balaban J connectivity index is 2.11. The van der Waals surface area contributed by atoms with Crippen LogP contribution in [0.15, 0.2) is 30.3 Å². The van der Waals surface area contributed by atoms with Gasteiger partial charge in [0.2, 0.25) is 5.91 Å². The molecule has 1 aromatic rings. The first kappa shape index (κ1) is 19.9. The molecule has 3 N–H and O–H groups in total. The Morgan fingerprint density at radius 2 is 1.77 bits per heavy atom. The number of nitrogens with one attached hydrogen (secondary N) is 1. The zero-order valence-corrected chi connectivity index (χ0v) is 14.9. The van der Waals surface area contributed by atoms with Crippen molar-refractivity contribution in [1.82, 2.24) is 10.4 Å². The quantitative estimate of drug-likeness (QED) is 0.507. The number of rotatable bonds is 7. The van der Waals surface area contributed by atoms with E-state index in [-0.39, 0.29) is 5.91 Å². The number of hydrogen-bond donors (Lipinski definition) is 3. The van der Waals surface area contributed by atoms with Gasteiger partial charge in [-0.1, -0.05) is 43.2 Å². The number of carboxylic acids is 1. The van der Waals surface area contributed by atoms with Gasteiger partial charge in [0.15, 0.2) is 0 Å². The summed E-state index contributed by atoms with van der Waals surface area (Å²) in [5.74, 6) is -3.33. The van der Waals surface area contributed by atoms with Crippen molar-refractivity contribution in [2.75, 3.05) is 7.05 Å². The fraction of sp³-hybridized carbons (Fsp3) is 0.526. The van der Waals surface area contributed by atoms with Gasteiger partial charge in [-0.25, -0.2) is 5.48 Å².